The first-order valence-electron chi connectivity index (χ1n) is 7.37. The fourth-order valence-electron chi connectivity index (χ4n) is 1.89. The van der Waals surface area contributed by atoms with E-state index in [4.69, 9.17) is 9.63 Å². The van der Waals surface area contributed by atoms with Crippen molar-refractivity contribution < 1.29 is 19.2 Å². The minimum atomic E-state index is -0.823. The number of carboxylic acids is 1. The van der Waals surface area contributed by atoms with Gasteiger partial charge in [0, 0.05) is 32.0 Å². The molecule has 122 valence electrons. The van der Waals surface area contributed by atoms with Gasteiger partial charge in [-0.25, -0.2) is 0 Å². The zero-order valence-electron chi connectivity index (χ0n) is 12.6. The Morgan fingerprint density at radius 1 is 1.22 bits per heavy atom. The van der Waals surface area contributed by atoms with Crippen LogP contribution in [0.15, 0.2) is 28.9 Å². The summed E-state index contributed by atoms with van der Waals surface area (Å²) in [6.45, 7) is 0.467. The second kappa shape index (κ2) is 8.62. The maximum atomic E-state index is 11.7. The molecule has 2 aromatic rings. The summed E-state index contributed by atoms with van der Waals surface area (Å²) < 4.78 is 5.09. The highest BCUT2D eigenvalue weighted by Gasteiger charge is 2.11. The number of nitrogens with zero attached hydrogens (tertiary/aromatic N) is 3. The number of carbonyl (C=O) groups excluding carboxylic acids is 1. The number of hydrogen-bond donors (Lipinski definition) is 2. The van der Waals surface area contributed by atoms with Crippen molar-refractivity contribution in [1.29, 1.82) is 0 Å². The third-order valence-electron chi connectivity index (χ3n) is 3.07. The topological polar surface area (TPSA) is 118 Å². The highest BCUT2D eigenvalue weighted by atomic mass is 16.5. The number of pyridine rings is 1. The van der Waals surface area contributed by atoms with E-state index < -0.39 is 5.97 Å². The molecule has 8 nitrogen and oxygen atoms in total. The van der Waals surface area contributed by atoms with Gasteiger partial charge in [-0.2, -0.15) is 4.98 Å². The highest BCUT2D eigenvalue weighted by Crippen LogP contribution is 2.12. The molecule has 0 aromatic carbocycles. The second-order valence-electron chi connectivity index (χ2n) is 4.93. The lowest BCUT2D eigenvalue weighted by atomic mass is 10.2. The van der Waals surface area contributed by atoms with E-state index in [1.807, 2.05) is 6.07 Å². The monoisotopic (exact) mass is 318 g/mol. The number of hydrogen-bond acceptors (Lipinski definition) is 6. The van der Waals surface area contributed by atoms with Gasteiger partial charge in [0.05, 0.1) is 0 Å². The lowest BCUT2D eigenvalue weighted by Crippen LogP contribution is -2.24. The summed E-state index contributed by atoms with van der Waals surface area (Å²) >= 11 is 0. The van der Waals surface area contributed by atoms with E-state index in [1.165, 1.54) is 0 Å². The van der Waals surface area contributed by atoms with Gasteiger partial charge in [-0.3, -0.25) is 14.6 Å². The zero-order chi connectivity index (χ0) is 16.5. The molecule has 8 heteroatoms. The van der Waals surface area contributed by atoms with Crippen molar-refractivity contribution in [2.45, 2.75) is 32.1 Å². The highest BCUT2D eigenvalue weighted by molar-refractivity contribution is 5.76. The summed E-state index contributed by atoms with van der Waals surface area (Å²) in [6, 6.07) is 5.40. The van der Waals surface area contributed by atoms with Crippen LogP contribution in [0.5, 0.6) is 0 Å². The van der Waals surface area contributed by atoms with Crippen LogP contribution in [0, 0.1) is 0 Å². The number of aromatic nitrogens is 3. The Morgan fingerprint density at radius 3 is 2.83 bits per heavy atom. The van der Waals surface area contributed by atoms with Crippen molar-refractivity contribution in [1.82, 2.24) is 20.4 Å². The number of aliphatic carboxylic acids is 1. The van der Waals surface area contributed by atoms with Gasteiger partial charge < -0.3 is 14.9 Å². The molecule has 0 aliphatic carbocycles. The Hall–Kier alpha value is -2.77. The minimum absolute atomic E-state index is 0.119. The summed E-state index contributed by atoms with van der Waals surface area (Å²) in [5, 5.41) is 15.1. The molecule has 23 heavy (non-hydrogen) atoms. The largest absolute Gasteiger partial charge is 0.481 e. The van der Waals surface area contributed by atoms with Crippen LogP contribution in [0.1, 0.15) is 31.6 Å². The standard InChI is InChI=1S/C15H18N4O4/c20-12(17-10-4-2-6-14(21)22)7-8-13-18-15(19-23-13)11-5-1-3-9-16-11/h1,3,5,9H,2,4,6-8,10H2,(H,17,20)(H,21,22). The molecule has 0 bridgehead atoms. The molecule has 0 saturated heterocycles. The van der Waals surface area contributed by atoms with Gasteiger partial charge in [-0.1, -0.05) is 11.2 Å². The first-order chi connectivity index (χ1) is 11.1. The molecule has 0 unspecified atom stereocenters. The molecule has 2 aromatic heterocycles. The SMILES string of the molecule is O=C(O)CCCCNC(=O)CCc1nc(-c2ccccn2)no1. The first kappa shape index (κ1) is 16.6. The van der Waals surface area contributed by atoms with Crippen molar-refractivity contribution in [3.8, 4) is 11.5 Å². The predicted octanol–water partition coefficient (Wildman–Crippen LogP) is 1.44. The van der Waals surface area contributed by atoms with Crippen molar-refractivity contribution in [3.05, 3.63) is 30.3 Å². The normalized spacial score (nSPS) is 10.4. The summed E-state index contributed by atoms with van der Waals surface area (Å²) in [5.74, 6) is -0.171. The molecule has 0 aliphatic rings. The van der Waals surface area contributed by atoms with Crippen molar-refractivity contribution in [3.63, 3.8) is 0 Å². The van der Waals surface area contributed by atoms with Crippen LogP contribution in [0.3, 0.4) is 0 Å². The summed E-state index contributed by atoms with van der Waals surface area (Å²) in [5.41, 5.74) is 0.616. The maximum Gasteiger partial charge on any atom is 0.303 e. The predicted molar refractivity (Wildman–Crippen MR) is 80.3 cm³/mol. The van der Waals surface area contributed by atoms with E-state index >= 15 is 0 Å². The van der Waals surface area contributed by atoms with Gasteiger partial charge in [0.15, 0.2) is 0 Å². The fourth-order valence-corrected chi connectivity index (χ4v) is 1.89. The zero-order valence-corrected chi connectivity index (χ0v) is 12.6. The average Bonchev–Trinajstić information content (AvgIpc) is 3.02. The van der Waals surface area contributed by atoms with Gasteiger partial charge in [-0.05, 0) is 25.0 Å². The van der Waals surface area contributed by atoms with E-state index in [0.29, 0.717) is 43.2 Å². The number of carbonyl (C=O) groups is 2. The lowest BCUT2D eigenvalue weighted by Gasteiger charge is -2.02. The van der Waals surface area contributed by atoms with Gasteiger partial charge in [-0.15, -0.1) is 0 Å². The van der Waals surface area contributed by atoms with Crippen LogP contribution < -0.4 is 5.32 Å². The van der Waals surface area contributed by atoms with Crippen LogP contribution >= 0.6 is 0 Å². The Kier molecular flexibility index (Phi) is 6.22. The number of nitrogens with one attached hydrogen (secondary N) is 1. The number of amides is 1. The van der Waals surface area contributed by atoms with E-state index in [-0.39, 0.29) is 18.7 Å². The summed E-state index contributed by atoms with van der Waals surface area (Å²) in [6.07, 6.45) is 3.54. The number of rotatable bonds is 9. The molecule has 2 rings (SSSR count). The second-order valence-corrected chi connectivity index (χ2v) is 4.93. The van der Waals surface area contributed by atoms with Crippen LogP contribution in [-0.2, 0) is 16.0 Å². The van der Waals surface area contributed by atoms with E-state index in [2.05, 4.69) is 20.4 Å². The molecule has 0 saturated carbocycles. The lowest BCUT2D eigenvalue weighted by molar-refractivity contribution is -0.137. The molecule has 0 radical (unpaired) electrons. The van der Waals surface area contributed by atoms with Gasteiger partial charge >= 0.3 is 5.97 Å². The van der Waals surface area contributed by atoms with Crippen molar-refractivity contribution in [2.75, 3.05) is 6.54 Å². The third kappa shape index (κ3) is 5.85. The molecule has 0 fully saturated rings. The summed E-state index contributed by atoms with van der Waals surface area (Å²) in [4.78, 5) is 30.3. The van der Waals surface area contributed by atoms with Gasteiger partial charge in [0.1, 0.15) is 5.69 Å². The molecular weight excluding hydrogens is 300 g/mol. The quantitative estimate of drug-likeness (QED) is 0.671. The molecule has 2 N–H and O–H groups in total. The Labute approximate surface area is 132 Å². The average molecular weight is 318 g/mol. The van der Waals surface area contributed by atoms with Gasteiger partial charge in [0.2, 0.25) is 17.6 Å². The number of unbranched alkanes of at least 4 members (excludes halogenated alkanes) is 1. The minimum Gasteiger partial charge on any atom is -0.481 e. The Morgan fingerprint density at radius 2 is 2.09 bits per heavy atom. The Bertz CT molecular complexity index is 642. The third-order valence-corrected chi connectivity index (χ3v) is 3.07. The van der Waals surface area contributed by atoms with Crippen LogP contribution in [-0.4, -0.2) is 38.7 Å². The maximum absolute atomic E-state index is 11.7. The first-order valence-corrected chi connectivity index (χ1v) is 7.37. The molecule has 0 atom stereocenters. The van der Waals surface area contributed by atoms with Gasteiger partial charge in [0.25, 0.3) is 0 Å². The number of aryl methyl sites for hydroxylation is 1. The molecule has 2 heterocycles. The molecular formula is C15H18N4O4. The van der Waals surface area contributed by atoms with E-state index in [1.54, 1.807) is 18.3 Å². The smallest absolute Gasteiger partial charge is 0.303 e. The van der Waals surface area contributed by atoms with Crippen LogP contribution in [0.25, 0.3) is 11.5 Å². The van der Waals surface area contributed by atoms with Crippen molar-refractivity contribution in [2.24, 2.45) is 0 Å². The summed E-state index contributed by atoms with van der Waals surface area (Å²) in [7, 11) is 0. The van der Waals surface area contributed by atoms with E-state index in [0.717, 1.165) is 0 Å². The molecule has 0 aliphatic heterocycles. The molecule has 1 amide bonds. The number of carboxylic acid groups (broad SMARTS) is 1. The fraction of sp³-hybridized carbons (Fsp3) is 0.400. The molecule has 0 spiro atoms. The van der Waals surface area contributed by atoms with Crippen LogP contribution in [0.4, 0.5) is 0 Å². The van der Waals surface area contributed by atoms with Crippen LogP contribution in [0.2, 0.25) is 0 Å². The Balaban J connectivity index is 1.69. The van der Waals surface area contributed by atoms with Crippen molar-refractivity contribution >= 4 is 11.9 Å². The van der Waals surface area contributed by atoms with E-state index in [9.17, 15) is 9.59 Å².